The number of hydrogen-bond acceptors (Lipinski definition) is 3. The van der Waals surface area contributed by atoms with Crippen LogP contribution in [0.3, 0.4) is 0 Å². The van der Waals surface area contributed by atoms with Gasteiger partial charge < -0.3 is 5.32 Å². The molecule has 4 heteroatoms. The summed E-state index contributed by atoms with van der Waals surface area (Å²) in [6.45, 7) is 0. The van der Waals surface area contributed by atoms with E-state index in [-0.39, 0.29) is 6.04 Å². The minimum absolute atomic E-state index is 0.281. The zero-order valence-corrected chi connectivity index (χ0v) is 13.5. The molecule has 0 amide bonds. The third-order valence-electron chi connectivity index (χ3n) is 3.40. The Kier molecular flexibility index (Phi) is 4.15. The Labute approximate surface area is 131 Å². The van der Waals surface area contributed by atoms with Crippen molar-refractivity contribution in [3.63, 3.8) is 0 Å². The molecule has 1 aromatic carbocycles. The van der Waals surface area contributed by atoms with E-state index in [1.165, 1.54) is 15.8 Å². The third-order valence-corrected chi connectivity index (χ3v) is 4.75. The largest absolute Gasteiger partial charge is 0.313 e. The molecule has 0 bridgehead atoms. The van der Waals surface area contributed by atoms with Crippen LogP contribution in [-0.4, -0.2) is 12.0 Å². The van der Waals surface area contributed by atoms with Gasteiger partial charge in [-0.05, 0) is 54.2 Å². The molecule has 0 saturated carbocycles. The van der Waals surface area contributed by atoms with Crippen LogP contribution in [0.2, 0.25) is 0 Å². The van der Waals surface area contributed by atoms with E-state index in [1.807, 2.05) is 13.2 Å². The Morgan fingerprint density at radius 1 is 1.30 bits per heavy atom. The summed E-state index contributed by atoms with van der Waals surface area (Å²) in [5.41, 5.74) is 3.63. The molecule has 0 aliphatic rings. The summed E-state index contributed by atoms with van der Waals surface area (Å²) in [7, 11) is 2.00. The molecule has 0 fully saturated rings. The first-order chi connectivity index (χ1) is 9.76. The highest BCUT2D eigenvalue weighted by molar-refractivity contribution is 9.10. The molecule has 0 spiro atoms. The van der Waals surface area contributed by atoms with Gasteiger partial charge in [-0.2, -0.15) is 0 Å². The van der Waals surface area contributed by atoms with Crippen molar-refractivity contribution in [3.8, 4) is 0 Å². The summed E-state index contributed by atoms with van der Waals surface area (Å²) in [6.07, 6.45) is 2.93. The van der Waals surface area contributed by atoms with Crippen molar-refractivity contribution >= 4 is 37.5 Å². The predicted molar refractivity (Wildman–Crippen MR) is 89.3 cm³/mol. The van der Waals surface area contributed by atoms with E-state index in [9.17, 15) is 0 Å². The Morgan fingerprint density at radius 2 is 2.20 bits per heavy atom. The molecule has 0 radical (unpaired) electrons. The van der Waals surface area contributed by atoms with E-state index in [0.29, 0.717) is 0 Å². The first-order valence-corrected chi connectivity index (χ1v) is 8.18. The topological polar surface area (TPSA) is 24.9 Å². The molecule has 2 heterocycles. The molecular formula is C16H15BrN2S. The van der Waals surface area contributed by atoms with Gasteiger partial charge in [-0.25, -0.2) is 0 Å². The maximum absolute atomic E-state index is 4.53. The Hall–Kier alpha value is -1.23. The number of rotatable bonds is 4. The van der Waals surface area contributed by atoms with Crippen LogP contribution in [-0.2, 0) is 6.42 Å². The average molecular weight is 347 g/mol. The summed E-state index contributed by atoms with van der Waals surface area (Å²) in [4.78, 5) is 4.53. The second kappa shape index (κ2) is 6.04. The fourth-order valence-corrected chi connectivity index (χ4v) is 3.57. The number of pyridine rings is 1. The number of likely N-dealkylation sites (N-methyl/N-ethyl adjacent to an activating group) is 1. The van der Waals surface area contributed by atoms with E-state index < -0.39 is 0 Å². The summed E-state index contributed by atoms with van der Waals surface area (Å²) >= 11 is 5.27. The lowest BCUT2D eigenvalue weighted by atomic mass is 10.0. The zero-order chi connectivity index (χ0) is 13.9. The SMILES string of the molecule is CNC(Cc1cccc(Br)c1)c1cnc2ccsc2c1. The van der Waals surface area contributed by atoms with Crippen LogP contribution in [0.4, 0.5) is 0 Å². The number of fused-ring (bicyclic) bond motifs is 1. The van der Waals surface area contributed by atoms with E-state index in [4.69, 9.17) is 0 Å². The zero-order valence-electron chi connectivity index (χ0n) is 11.1. The second-order valence-corrected chi connectivity index (χ2v) is 6.61. The Bertz CT molecular complexity index is 723. The quantitative estimate of drug-likeness (QED) is 0.748. The Morgan fingerprint density at radius 3 is 3.00 bits per heavy atom. The van der Waals surface area contributed by atoms with Crippen LogP contribution in [0.25, 0.3) is 10.2 Å². The standard InChI is InChI=1S/C16H15BrN2S/c1-18-15(8-11-3-2-4-13(17)7-11)12-9-16-14(19-10-12)5-6-20-16/h2-7,9-10,15,18H,8H2,1H3. The fraction of sp³-hybridized carbons (Fsp3) is 0.188. The monoisotopic (exact) mass is 346 g/mol. The molecule has 3 aromatic rings. The van der Waals surface area contributed by atoms with Crippen LogP contribution in [0, 0.1) is 0 Å². The van der Waals surface area contributed by atoms with Gasteiger partial charge in [0, 0.05) is 16.7 Å². The van der Waals surface area contributed by atoms with Crippen molar-refractivity contribution in [2.45, 2.75) is 12.5 Å². The van der Waals surface area contributed by atoms with Crippen molar-refractivity contribution in [2.24, 2.45) is 0 Å². The van der Waals surface area contributed by atoms with Crippen molar-refractivity contribution in [1.29, 1.82) is 0 Å². The van der Waals surface area contributed by atoms with Crippen molar-refractivity contribution in [2.75, 3.05) is 7.05 Å². The van der Waals surface area contributed by atoms with Crippen LogP contribution in [0.1, 0.15) is 17.2 Å². The Balaban J connectivity index is 1.88. The van der Waals surface area contributed by atoms with Crippen molar-refractivity contribution in [3.05, 3.63) is 63.6 Å². The fourth-order valence-electron chi connectivity index (χ4n) is 2.34. The van der Waals surface area contributed by atoms with Gasteiger partial charge in [-0.15, -0.1) is 11.3 Å². The molecule has 102 valence electrons. The van der Waals surface area contributed by atoms with Crippen LogP contribution in [0.15, 0.2) is 52.4 Å². The van der Waals surface area contributed by atoms with Gasteiger partial charge >= 0.3 is 0 Å². The third kappa shape index (κ3) is 2.92. The number of benzene rings is 1. The average Bonchev–Trinajstić information content (AvgIpc) is 2.92. The lowest BCUT2D eigenvalue weighted by Gasteiger charge is -2.16. The summed E-state index contributed by atoms with van der Waals surface area (Å²) in [5, 5.41) is 5.48. The molecule has 20 heavy (non-hydrogen) atoms. The van der Waals surface area contributed by atoms with Gasteiger partial charge in [0.05, 0.1) is 10.2 Å². The number of thiophene rings is 1. The first-order valence-electron chi connectivity index (χ1n) is 6.51. The molecular weight excluding hydrogens is 332 g/mol. The maximum atomic E-state index is 4.53. The highest BCUT2D eigenvalue weighted by Crippen LogP contribution is 2.25. The number of nitrogens with zero attached hydrogens (tertiary/aromatic N) is 1. The van der Waals surface area contributed by atoms with Gasteiger partial charge in [0.2, 0.25) is 0 Å². The number of hydrogen-bond donors (Lipinski definition) is 1. The van der Waals surface area contributed by atoms with Crippen molar-refractivity contribution in [1.82, 2.24) is 10.3 Å². The molecule has 0 saturated heterocycles. The normalized spacial score (nSPS) is 12.7. The number of halogens is 1. The van der Waals surface area contributed by atoms with Gasteiger partial charge in [0.1, 0.15) is 0 Å². The van der Waals surface area contributed by atoms with Crippen LogP contribution in [0.5, 0.6) is 0 Å². The summed E-state index contributed by atoms with van der Waals surface area (Å²) in [5.74, 6) is 0. The second-order valence-electron chi connectivity index (χ2n) is 4.75. The molecule has 0 aliphatic carbocycles. The van der Waals surface area contributed by atoms with Gasteiger partial charge in [0.25, 0.3) is 0 Å². The minimum Gasteiger partial charge on any atom is -0.313 e. The molecule has 3 rings (SSSR count). The smallest absolute Gasteiger partial charge is 0.0809 e. The lowest BCUT2D eigenvalue weighted by Crippen LogP contribution is -2.19. The van der Waals surface area contributed by atoms with Gasteiger partial charge in [0.15, 0.2) is 0 Å². The molecule has 2 aromatic heterocycles. The van der Waals surface area contributed by atoms with E-state index >= 15 is 0 Å². The van der Waals surface area contributed by atoms with Gasteiger partial charge in [-0.1, -0.05) is 28.1 Å². The molecule has 2 nitrogen and oxygen atoms in total. The molecule has 1 N–H and O–H groups in total. The predicted octanol–water partition coefficient (Wildman–Crippen LogP) is 4.56. The molecule has 1 unspecified atom stereocenters. The van der Waals surface area contributed by atoms with E-state index in [1.54, 1.807) is 11.3 Å². The first kappa shape index (κ1) is 13.7. The van der Waals surface area contributed by atoms with Crippen LogP contribution < -0.4 is 5.32 Å². The molecule has 1 atom stereocenters. The van der Waals surface area contributed by atoms with Crippen molar-refractivity contribution < 1.29 is 0 Å². The minimum atomic E-state index is 0.281. The van der Waals surface area contributed by atoms with Gasteiger partial charge in [-0.3, -0.25) is 4.98 Å². The lowest BCUT2D eigenvalue weighted by molar-refractivity contribution is 0.591. The van der Waals surface area contributed by atoms with E-state index in [0.717, 1.165) is 16.4 Å². The summed E-state index contributed by atoms with van der Waals surface area (Å²) in [6, 6.07) is 13.0. The highest BCUT2D eigenvalue weighted by atomic mass is 79.9. The van der Waals surface area contributed by atoms with E-state index in [2.05, 4.69) is 68.0 Å². The number of aromatic nitrogens is 1. The molecule has 0 aliphatic heterocycles. The van der Waals surface area contributed by atoms with Crippen LogP contribution >= 0.6 is 27.3 Å². The maximum Gasteiger partial charge on any atom is 0.0809 e. The highest BCUT2D eigenvalue weighted by Gasteiger charge is 2.12. The number of nitrogens with one attached hydrogen (secondary N) is 1. The summed E-state index contributed by atoms with van der Waals surface area (Å²) < 4.78 is 2.37.